The Labute approximate surface area is 151 Å². The van der Waals surface area contributed by atoms with Gasteiger partial charge in [0, 0.05) is 42.6 Å². The highest BCUT2D eigenvalue weighted by Crippen LogP contribution is 2.18. The quantitative estimate of drug-likeness (QED) is 0.670. The van der Waals surface area contributed by atoms with Crippen molar-refractivity contribution in [3.8, 4) is 0 Å². The van der Waals surface area contributed by atoms with Crippen molar-refractivity contribution in [2.24, 2.45) is 0 Å². The summed E-state index contributed by atoms with van der Waals surface area (Å²) in [6.45, 7) is -0.309. The lowest BCUT2D eigenvalue weighted by atomic mass is 10.1. The topological polar surface area (TPSA) is 74.4 Å². The maximum absolute atomic E-state index is 12.0. The Morgan fingerprint density at radius 2 is 1.81 bits per heavy atom. The Kier molecular flexibility index (Phi) is 5.22. The van der Waals surface area contributed by atoms with Crippen LogP contribution in [0.15, 0.2) is 54.7 Å². The van der Waals surface area contributed by atoms with Crippen LogP contribution >= 0.6 is 0 Å². The van der Waals surface area contributed by atoms with Crippen LogP contribution in [-0.4, -0.2) is 37.6 Å². The summed E-state index contributed by atoms with van der Waals surface area (Å²) in [5.41, 5.74) is 3.51. The van der Waals surface area contributed by atoms with E-state index in [1.807, 2.05) is 55.4 Å². The number of ether oxygens (including phenoxy) is 1. The average molecular weight is 351 g/mol. The molecule has 0 aliphatic heterocycles. The van der Waals surface area contributed by atoms with Crippen molar-refractivity contribution < 1.29 is 14.3 Å². The molecule has 1 heterocycles. The minimum atomic E-state index is -0.437. The zero-order chi connectivity index (χ0) is 18.5. The van der Waals surface area contributed by atoms with Crippen LogP contribution in [0, 0.1) is 0 Å². The maximum atomic E-state index is 12.0. The Balaban J connectivity index is 1.50. The predicted octanol–water partition coefficient (Wildman–Crippen LogP) is 2.96. The number of esters is 1. The molecule has 0 saturated heterocycles. The standard InChI is InChI=1S/C20H21N3O3/c1-23(2)16-9-7-15(8-10-16)22-19(24)13-26-20(25)11-14-12-21-18-6-4-3-5-17(14)18/h3-10,12,21H,11,13H2,1-2H3,(H,22,24). The molecule has 6 nitrogen and oxygen atoms in total. The molecule has 26 heavy (non-hydrogen) atoms. The van der Waals surface area contributed by atoms with Crippen molar-refractivity contribution in [3.05, 3.63) is 60.3 Å². The smallest absolute Gasteiger partial charge is 0.310 e. The second-order valence-electron chi connectivity index (χ2n) is 6.19. The van der Waals surface area contributed by atoms with Gasteiger partial charge in [0.1, 0.15) is 0 Å². The molecule has 0 unspecified atom stereocenters. The minimum Gasteiger partial charge on any atom is -0.455 e. The number of aromatic nitrogens is 1. The number of anilines is 2. The van der Waals surface area contributed by atoms with Crippen LogP contribution < -0.4 is 10.2 Å². The van der Waals surface area contributed by atoms with E-state index in [1.54, 1.807) is 18.3 Å². The van der Waals surface area contributed by atoms with Gasteiger partial charge in [0.15, 0.2) is 6.61 Å². The first kappa shape index (κ1) is 17.5. The normalized spacial score (nSPS) is 10.5. The molecule has 0 aliphatic carbocycles. The molecule has 0 spiro atoms. The average Bonchev–Trinajstić information content (AvgIpc) is 3.03. The molecule has 0 radical (unpaired) electrons. The highest BCUT2D eigenvalue weighted by Gasteiger charge is 2.12. The predicted molar refractivity (Wildman–Crippen MR) is 102 cm³/mol. The van der Waals surface area contributed by atoms with Crippen molar-refractivity contribution in [1.29, 1.82) is 0 Å². The largest absolute Gasteiger partial charge is 0.455 e. The van der Waals surface area contributed by atoms with E-state index >= 15 is 0 Å². The zero-order valence-corrected chi connectivity index (χ0v) is 14.8. The van der Waals surface area contributed by atoms with E-state index < -0.39 is 5.97 Å². The Bertz CT molecular complexity index is 913. The Hall–Kier alpha value is -3.28. The summed E-state index contributed by atoms with van der Waals surface area (Å²) in [7, 11) is 3.89. The fourth-order valence-electron chi connectivity index (χ4n) is 2.67. The van der Waals surface area contributed by atoms with E-state index in [1.165, 1.54) is 0 Å². The SMILES string of the molecule is CN(C)c1ccc(NC(=O)COC(=O)Cc2c[nH]c3ccccc23)cc1. The van der Waals surface area contributed by atoms with Gasteiger partial charge in [0.05, 0.1) is 6.42 Å². The number of hydrogen-bond donors (Lipinski definition) is 2. The summed E-state index contributed by atoms with van der Waals surface area (Å²) in [5, 5.41) is 3.69. The number of hydrogen-bond acceptors (Lipinski definition) is 4. The lowest BCUT2D eigenvalue weighted by Crippen LogP contribution is -2.21. The number of amides is 1. The molecule has 134 valence electrons. The van der Waals surface area contributed by atoms with Gasteiger partial charge < -0.3 is 19.9 Å². The molecule has 3 rings (SSSR count). The van der Waals surface area contributed by atoms with Gasteiger partial charge in [-0.15, -0.1) is 0 Å². The first-order valence-corrected chi connectivity index (χ1v) is 8.31. The van der Waals surface area contributed by atoms with Crippen molar-refractivity contribution in [2.75, 3.05) is 30.9 Å². The van der Waals surface area contributed by atoms with Gasteiger partial charge in [-0.05, 0) is 35.9 Å². The fraction of sp³-hybridized carbons (Fsp3) is 0.200. The van der Waals surface area contributed by atoms with Crippen molar-refractivity contribution in [1.82, 2.24) is 4.98 Å². The number of para-hydroxylation sites is 1. The number of H-pyrrole nitrogens is 1. The molecule has 0 fully saturated rings. The molecule has 0 aliphatic rings. The number of aromatic amines is 1. The van der Waals surface area contributed by atoms with Crippen LogP contribution in [0.5, 0.6) is 0 Å². The third-order valence-electron chi connectivity index (χ3n) is 4.04. The fourth-order valence-corrected chi connectivity index (χ4v) is 2.67. The minimum absolute atomic E-state index is 0.120. The molecule has 1 amide bonds. The summed E-state index contributed by atoms with van der Waals surface area (Å²) in [4.78, 5) is 29.0. The highest BCUT2D eigenvalue weighted by molar-refractivity contribution is 5.93. The van der Waals surface area contributed by atoms with Gasteiger partial charge in [-0.2, -0.15) is 0 Å². The van der Waals surface area contributed by atoms with Crippen molar-refractivity contribution in [3.63, 3.8) is 0 Å². The number of carbonyl (C=O) groups is 2. The molecule has 2 aromatic carbocycles. The van der Waals surface area contributed by atoms with Crippen LogP contribution in [0.4, 0.5) is 11.4 Å². The van der Waals surface area contributed by atoms with Gasteiger partial charge in [-0.1, -0.05) is 18.2 Å². The summed E-state index contributed by atoms with van der Waals surface area (Å²) in [6.07, 6.45) is 1.91. The third kappa shape index (κ3) is 4.22. The number of rotatable bonds is 6. The van der Waals surface area contributed by atoms with E-state index in [4.69, 9.17) is 4.74 Å². The molecular weight excluding hydrogens is 330 g/mol. The van der Waals surface area contributed by atoms with Crippen LogP contribution in [0.1, 0.15) is 5.56 Å². The second-order valence-corrected chi connectivity index (χ2v) is 6.19. The lowest BCUT2D eigenvalue weighted by molar-refractivity contribution is -0.146. The monoisotopic (exact) mass is 351 g/mol. The van der Waals surface area contributed by atoms with E-state index in [2.05, 4.69) is 10.3 Å². The van der Waals surface area contributed by atoms with Gasteiger partial charge in [0.2, 0.25) is 0 Å². The summed E-state index contributed by atoms with van der Waals surface area (Å²) >= 11 is 0. The van der Waals surface area contributed by atoms with Gasteiger partial charge in [0.25, 0.3) is 5.91 Å². The van der Waals surface area contributed by atoms with Crippen molar-refractivity contribution >= 4 is 34.2 Å². The number of nitrogens with one attached hydrogen (secondary N) is 2. The molecule has 2 N–H and O–H groups in total. The van der Waals surface area contributed by atoms with Crippen LogP contribution in [-0.2, 0) is 20.7 Å². The van der Waals surface area contributed by atoms with E-state index in [9.17, 15) is 9.59 Å². The van der Waals surface area contributed by atoms with E-state index in [0.717, 1.165) is 22.2 Å². The number of carbonyl (C=O) groups excluding carboxylic acids is 2. The highest BCUT2D eigenvalue weighted by atomic mass is 16.5. The van der Waals surface area contributed by atoms with Gasteiger partial charge >= 0.3 is 5.97 Å². The van der Waals surface area contributed by atoms with Crippen LogP contribution in [0.3, 0.4) is 0 Å². The number of benzene rings is 2. The van der Waals surface area contributed by atoms with Gasteiger partial charge in [-0.3, -0.25) is 9.59 Å². The second kappa shape index (κ2) is 7.74. The van der Waals surface area contributed by atoms with E-state index in [-0.39, 0.29) is 18.9 Å². The Morgan fingerprint density at radius 1 is 1.08 bits per heavy atom. The summed E-state index contributed by atoms with van der Waals surface area (Å²) in [5.74, 6) is -0.803. The maximum Gasteiger partial charge on any atom is 0.310 e. The first-order chi connectivity index (χ1) is 12.5. The first-order valence-electron chi connectivity index (χ1n) is 8.31. The number of nitrogens with zero attached hydrogens (tertiary/aromatic N) is 1. The zero-order valence-electron chi connectivity index (χ0n) is 14.8. The number of fused-ring (bicyclic) bond motifs is 1. The molecule has 1 aromatic heterocycles. The van der Waals surface area contributed by atoms with E-state index in [0.29, 0.717) is 5.69 Å². The third-order valence-corrected chi connectivity index (χ3v) is 4.04. The Morgan fingerprint density at radius 3 is 2.54 bits per heavy atom. The van der Waals surface area contributed by atoms with Crippen LogP contribution in [0.2, 0.25) is 0 Å². The lowest BCUT2D eigenvalue weighted by Gasteiger charge is -2.13. The van der Waals surface area contributed by atoms with Crippen molar-refractivity contribution in [2.45, 2.75) is 6.42 Å². The molecule has 3 aromatic rings. The molecule has 0 bridgehead atoms. The molecule has 0 atom stereocenters. The summed E-state index contributed by atoms with van der Waals surface area (Å²) < 4.78 is 5.09. The molecular formula is C20H21N3O3. The molecule has 0 saturated carbocycles. The molecule has 6 heteroatoms. The van der Waals surface area contributed by atoms with Crippen LogP contribution in [0.25, 0.3) is 10.9 Å². The summed E-state index contributed by atoms with van der Waals surface area (Å²) in [6, 6.07) is 15.1. The van der Waals surface area contributed by atoms with Gasteiger partial charge in [-0.25, -0.2) is 0 Å².